The highest BCUT2D eigenvalue weighted by Gasteiger charge is 2.38. The van der Waals surface area contributed by atoms with Crippen molar-refractivity contribution in [2.75, 3.05) is 0 Å². The van der Waals surface area contributed by atoms with Crippen molar-refractivity contribution < 1.29 is 17.9 Å². The van der Waals surface area contributed by atoms with Gasteiger partial charge in [0.05, 0.1) is 5.57 Å². The standard InChI is InChI=1S/C28H21F3O/c29-28(30,31)27(24-14-8-3-9-15-24)26(22-12-6-2-7-13-22)23-16-18-25(19-17-23)32-20-21-10-4-1-5-11-21/h1-19H,20H2. The molecule has 1 nitrogen and oxygen atoms in total. The van der Waals surface area contributed by atoms with Crippen LogP contribution in [0.5, 0.6) is 5.75 Å². The van der Waals surface area contributed by atoms with Crippen LogP contribution in [0.4, 0.5) is 13.2 Å². The lowest BCUT2D eigenvalue weighted by Crippen LogP contribution is -2.14. The zero-order valence-electron chi connectivity index (χ0n) is 17.2. The molecule has 0 aliphatic heterocycles. The molecule has 0 bridgehead atoms. The Kier molecular flexibility index (Phi) is 6.41. The van der Waals surface area contributed by atoms with Crippen molar-refractivity contribution in [1.82, 2.24) is 0 Å². The van der Waals surface area contributed by atoms with Crippen molar-refractivity contribution in [1.29, 1.82) is 0 Å². The zero-order chi connectivity index (χ0) is 22.4. The Morgan fingerprint density at radius 3 is 1.56 bits per heavy atom. The van der Waals surface area contributed by atoms with Crippen LogP contribution in [-0.4, -0.2) is 6.18 Å². The predicted octanol–water partition coefficient (Wildman–Crippen LogP) is 7.79. The van der Waals surface area contributed by atoms with Crippen LogP contribution >= 0.6 is 0 Å². The Hall–Kier alpha value is -3.79. The van der Waals surface area contributed by atoms with Gasteiger partial charge in [0.1, 0.15) is 12.4 Å². The largest absolute Gasteiger partial charge is 0.489 e. The van der Waals surface area contributed by atoms with Crippen molar-refractivity contribution in [3.63, 3.8) is 0 Å². The van der Waals surface area contributed by atoms with Gasteiger partial charge in [0.25, 0.3) is 0 Å². The number of hydrogen-bond donors (Lipinski definition) is 0. The molecule has 0 aliphatic carbocycles. The Morgan fingerprint density at radius 2 is 1.03 bits per heavy atom. The summed E-state index contributed by atoms with van der Waals surface area (Å²) in [7, 11) is 0. The molecule has 0 spiro atoms. The maximum atomic E-state index is 14.3. The Bertz CT molecular complexity index is 1160. The molecule has 0 atom stereocenters. The third kappa shape index (κ3) is 5.09. The van der Waals surface area contributed by atoms with Crippen LogP contribution < -0.4 is 4.74 Å². The average Bonchev–Trinajstić information content (AvgIpc) is 2.82. The zero-order valence-corrected chi connectivity index (χ0v) is 17.2. The van der Waals surface area contributed by atoms with Crippen molar-refractivity contribution >= 4 is 11.1 Å². The lowest BCUT2D eigenvalue weighted by molar-refractivity contribution is -0.0685. The molecule has 160 valence electrons. The Balaban J connectivity index is 1.77. The van der Waals surface area contributed by atoms with E-state index in [9.17, 15) is 13.2 Å². The van der Waals surface area contributed by atoms with Gasteiger partial charge in [0.15, 0.2) is 0 Å². The van der Waals surface area contributed by atoms with Gasteiger partial charge in [0, 0.05) is 5.57 Å². The van der Waals surface area contributed by atoms with Crippen LogP contribution in [0.15, 0.2) is 115 Å². The molecule has 0 N–H and O–H groups in total. The molecule has 4 aromatic carbocycles. The van der Waals surface area contributed by atoms with Gasteiger partial charge in [-0.1, -0.05) is 103 Å². The van der Waals surface area contributed by atoms with Crippen LogP contribution in [0.25, 0.3) is 11.1 Å². The second kappa shape index (κ2) is 9.56. The highest BCUT2D eigenvalue weighted by molar-refractivity contribution is 6.00. The number of halogens is 3. The number of ether oxygens (including phenoxy) is 1. The first-order chi connectivity index (χ1) is 15.5. The molecule has 0 saturated heterocycles. The van der Waals surface area contributed by atoms with E-state index in [4.69, 9.17) is 4.74 Å². The van der Waals surface area contributed by atoms with Gasteiger partial charge >= 0.3 is 6.18 Å². The fourth-order valence-electron chi connectivity index (χ4n) is 3.57. The van der Waals surface area contributed by atoms with E-state index in [1.807, 2.05) is 30.3 Å². The molecule has 0 aromatic heterocycles. The third-order valence-electron chi connectivity index (χ3n) is 5.05. The molecule has 0 radical (unpaired) electrons. The molecule has 0 fully saturated rings. The first-order valence-electron chi connectivity index (χ1n) is 10.2. The SMILES string of the molecule is FC(F)(F)C(=C(c1ccccc1)c1ccc(OCc2ccccc2)cc1)c1ccccc1. The summed E-state index contributed by atoms with van der Waals surface area (Å²) >= 11 is 0. The Labute approximate surface area is 185 Å². The van der Waals surface area contributed by atoms with Crippen molar-refractivity contribution in [3.05, 3.63) is 138 Å². The molecule has 32 heavy (non-hydrogen) atoms. The lowest BCUT2D eigenvalue weighted by Gasteiger charge is -2.20. The highest BCUT2D eigenvalue weighted by Crippen LogP contribution is 2.42. The Morgan fingerprint density at radius 1 is 0.562 bits per heavy atom. The maximum Gasteiger partial charge on any atom is 0.417 e. The van der Waals surface area contributed by atoms with Crippen LogP contribution in [0, 0.1) is 0 Å². The molecule has 0 saturated carbocycles. The van der Waals surface area contributed by atoms with E-state index >= 15 is 0 Å². The van der Waals surface area contributed by atoms with Gasteiger partial charge in [-0.15, -0.1) is 0 Å². The molecule has 4 heteroatoms. The van der Waals surface area contributed by atoms with Gasteiger partial charge in [-0.25, -0.2) is 0 Å². The van der Waals surface area contributed by atoms with E-state index in [1.54, 1.807) is 72.8 Å². The van der Waals surface area contributed by atoms with E-state index in [-0.39, 0.29) is 11.1 Å². The summed E-state index contributed by atoms with van der Waals surface area (Å²) in [5.41, 5.74) is 1.59. The van der Waals surface area contributed by atoms with Crippen LogP contribution in [0.2, 0.25) is 0 Å². The van der Waals surface area contributed by atoms with Gasteiger partial charge in [-0.2, -0.15) is 13.2 Å². The summed E-state index contributed by atoms with van der Waals surface area (Å²) in [5, 5.41) is 0. The lowest BCUT2D eigenvalue weighted by atomic mass is 9.89. The number of allylic oxidation sites excluding steroid dienone is 1. The van der Waals surface area contributed by atoms with E-state index in [0.29, 0.717) is 23.5 Å². The van der Waals surface area contributed by atoms with Crippen molar-refractivity contribution in [2.45, 2.75) is 12.8 Å². The second-order valence-corrected chi connectivity index (χ2v) is 7.28. The topological polar surface area (TPSA) is 9.23 Å². The van der Waals surface area contributed by atoms with E-state index in [1.165, 1.54) is 12.1 Å². The molecule has 4 aromatic rings. The maximum absolute atomic E-state index is 14.3. The number of hydrogen-bond acceptors (Lipinski definition) is 1. The first-order valence-corrected chi connectivity index (χ1v) is 10.2. The number of benzene rings is 4. The fourth-order valence-corrected chi connectivity index (χ4v) is 3.57. The predicted molar refractivity (Wildman–Crippen MR) is 122 cm³/mol. The minimum Gasteiger partial charge on any atom is -0.489 e. The van der Waals surface area contributed by atoms with E-state index < -0.39 is 11.7 Å². The molecule has 0 unspecified atom stereocenters. The van der Waals surface area contributed by atoms with Gasteiger partial charge in [0.2, 0.25) is 0 Å². The van der Waals surface area contributed by atoms with Gasteiger partial charge in [-0.3, -0.25) is 0 Å². The molecule has 0 aliphatic rings. The van der Waals surface area contributed by atoms with Gasteiger partial charge in [-0.05, 0) is 34.4 Å². The quantitative estimate of drug-likeness (QED) is 0.284. The van der Waals surface area contributed by atoms with E-state index in [2.05, 4.69) is 0 Å². The number of rotatable bonds is 6. The van der Waals surface area contributed by atoms with Crippen molar-refractivity contribution in [3.8, 4) is 5.75 Å². The summed E-state index contributed by atoms with van der Waals surface area (Å²) in [6, 6.07) is 33.1. The molecule has 0 heterocycles. The van der Waals surface area contributed by atoms with Crippen LogP contribution in [-0.2, 0) is 6.61 Å². The molecular formula is C28H21F3O. The minimum atomic E-state index is -4.53. The monoisotopic (exact) mass is 430 g/mol. The van der Waals surface area contributed by atoms with Crippen molar-refractivity contribution in [2.24, 2.45) is 0 Å². The summed E-state index contributed by atoms with van der Waals surface area (Å²) in [5.74, 6) is 0.596. The summed E-state index contributed by atoms with van der Waals surface area (Å²) in [6.07, 6.45) is -4.53. The van der Waals surface area contributed by atoms with Gasteiger partial charge < -0.3 is 4.74 Å². The third-order valence-corrected chi connectivity index (χ3v) is 5.05. The second-order valence-electron chi connectivity index (χ2n) is 7.28. The smallest absolute Gasteiger partial charge is 0.417 e. The summed E-state index contributed by atoms with van der Waals surface area (Å²) in [6.45, 7) is 0.388. The normalized spacial score (nSPS) is 12.2. The molecule has 4 rings (SSSR count). The minimum absolute atomic E-state index is 0.128. The number of alkyl halides is 3. The fraction of sp³-hybridized carbons (Fsp3) is 0.0714. The average molecular weight is 430 g/mol. The summed E-state index contributed by atoms with van der Waals surface area (Å²) < 4.78 is 48.8. The molecule has 0 amide bonds. The van der Waals surface area contributed by atoms with Crippen LogP contribution in [0.1, 0.15) is 22.3 Å². The highest BCUT2D eigenvalue weighted by atomic mass is 19.4. The first kappa shape index (κ1) is 21.4. The summed E-state index contributed by atoms with van der Waals surface area (Å²) in [4.78, 5) is 0. The van der Waals surface area contributed by atoms with Crippen LogP contribution in [0.3, 0.4) is 0 Å². The van der Waals surface area contributed by atoms with E-state index in [0.717, 1.165) is 5.56 Å². The molecular weight excluding hydrogens is 409 g/mol.